The van der Waals surface area contributed by atoms with Gasteiger partial charge in [0.1, 0.15) is 11.6 Å². The first kappa shape index (κ1) is 23.7. The van der Waals surface area contributed by atoms with Gasteiger partial charge in [0.15, 0.2) is 6.61 Å². The summed E-state index contributed by atoms with van der Waals surface area (Å²) in [4.78, 5) is 30.1. The molecule has 1 aliphatic heterocycles. The lowest BCUT2D eigenvalue weighted by Crippen LogP contribution is -2.26. The van der Waals surface area contributed by atoms with E-state index in [4.69, 9.17) is 9.72 Å². The van der Waals surface area contributed by atoms with Gasteiger partial charge >= 0.3 is 0 Å². The van der Waals surface area contributed by atoms with Gasteiger partial charge in [-0.05, 0) is 62.7 Å². The topological polar surface area (TPSA) is 103 Å². The number of aryl methyl sites for hydroxylation is 1. The minimum atomic E-state index is -0.478. The number of amides is 1. The van der Waals surface area contributed by atoms with E-state index in [1.165, 1.54) is 49.9 Å². The molecule has 2 aromatic carbocycles. The number of nitrogens with one attached hydrogen (secondary N) is 1. The minimum Gasteiger partial charge on any atom is -0.484 e. The first-order valence-electron chi connectivity index (χ1n) is 11.9. The second-order valence-electron chi connectivity index (χ2n) is 8.66. The predicted molar refractivity (Wildman–Crippen MR) is 131 cm³/mol. The fourth-order valence-electron chi connectivity index (χ4n) is 4.36. The van der Waals surface area contributed by atoms with E-state index in [-0.39, 0.29) is 18.2 Å². The van der Waals surface area contributed by atoms with E-state index >= 15 is 0 Å². The molecule has 9 nitrogen and oxygen atoms in total. The summed E-state index contributed by atoms with van der Waals surface area (Å²) in [5.41, 5.74) is 2.58. The fraction of sp³-hybridized carbons (Fsp3) is 0.440. The van der Waals surface area contributed by atoms with Crippen LogP contribution >= 0.6 is 0 Å². The van der Waals surface area contributed by atoms with Gasteiger partial charge < -0.3 is 14.6 Å². The Morgan fingerprint density at radius 2 is 1.85 bits per heavy atom. The van der Waals surface area contributed by atoms with Gasteiger partial charge in [-0.3, -0.25) is 19.8 Å². The van der Waals surface area contributed by atoms with E-state index in [1.54, 1.807) is 0 Å². The summed E-state index contributed by atoms with van der Waals surface area (Å²) in [5.74, 6) is 1.16. The van der Waals surface area contributed by atoms with E-state index in [9.17, 15) is 14.9 Å². The van der Waals surface area contributed by atoms with Crippen LogP contribution in [0.25, 0.3) is 11.0 Å². The maximum absolute atomic E-state index is 12.4. The van der Waals surface area contributed by atoms with Gasteiger partial charge in [-0.15, -0.1) is 0 Å². The molecule has 0 unspecified atom stereocenters. The largest absolute Gasteiger partial charge is 0.484 e. The molecule has 0 atom stereocenters. The molecule has 2 heterocycles. The number of likely N-dealkylation sites (tertiary alicyclic amines) is 1. The highest BCUT2D eigenvalue weighted by molar-refractivity contribution is 5.94. The zero-order valence-electron chi connectivity index (χ0n) is 19.5. The normalized spacial score (nSPS) is 14.6. The first-order chi connectivity index (χ1) is 16.5. The maximum Gasteiger partial charge on any atom is 0.269 e. The van der Waals surface area contributed by atoms with Crippen LogP contribution in [0.1, 0.15) is 44.9 Å². The standard InChI is InChI=1S/C25H31N5O4/c1-2-13-29-23-12-7-19(16-22(23)27-24(29)17-28-14-5-3-4-6-15-28)26-25(31)18-34-21-10-8-20(9-11-21)30(32)33/h7-12,16H,2-6,13-15,17-18H2,1H3,(H,26,31). The maximum atomic E-state index is 12.4. The quantitative estimate of drug-likeness (QED) is 0.361. The fourth-order valence-corrected chi connectivity index (χ4v) is 4.36. The molecule has 1 amide bonds. The van der Waals surface area contributed by atoms with Crippen molar-refractivity contribution in [1.82, 2.24) is 14.5 Å². The Kier molecular flexibility index (Phi) is 7.74. The number of non-ortho nitro benzene ring substituents is 1. The summed E-state index contributed by atoms with van der Waals surface area (Å²) in [6.07, 6.45) is 6.12. The van der Waals surface area contributed by atoms with Gasteiger partial charge in [-0.1, -0.05) is 19.8 Å². The molecule has 9 heteroatoms. The number of benzene rings is 2. The van der Waals surface area contributed by atoms with Crippen molar-refractivity contribution in [2.24, 2.45) is 0 Å². The lowest BCUT2D eigenvalue weighted by molar-refractivity contribution is -0.384. The van der Waals surface area contributed by atoms with Gasteiger partial charge in [0, 0.05) is 24.4 Å². The number of carbonyl (C=O) groups is 1. The van der Waals surface area contributed by atoms with Crippen LogP contribution in [0.2, 0.25) is 0 Å². The molecule has 0 bridgehead atoms. The molecule has 34 heavy (non-hydrogen) atoms. The number of anilines is 1. The van der Waals surface area contributed by atoms with Crippen molar-refractivity contribution in [2.75, 3.05) is 25.0 Å². The number of nitro groups is 1. The lowest BCUT2D eigenvalue weighted by Gasteiger charge is -2.20. The Balaban J connectivity index is 1.42. The van der Waals surface area contributed by atoms with Crippen LogP contribution in [0.3, 0.4) is 0 Å². The highest BCUT2D eigenvalue weighted by Crippen LogP contribution is 2.23. The Morgan fingerprint density at radius 1 is 1.12 bits per heavy atom. The highest BCUT2D eigenvalue weighted by Gasteiger charge is 2.16. The second-order valence-corrected chi connectivity index (χ2v) is 8.66. The minimum absolute atomic E-state index is 0.0252. The number of nitrogens with zero attached hydrogens (tertiary/aromatic N) is 4. The van der Waals surface area contributed by atoms with Crippen LogP contribution in [-0.4, -0.2) is 45.0 Å². The number of fused-ring (bicyclic) bond motifs is 1. The summed E-state index contributed by atoms with van der Waals surface area (Å²) in [5, 5.41) is 13.6. The number of rotatable bonds is 9. The van der Waals surface area contributed by atoms with Crippen molar-refractivity contribution in [3.05, 3.63) is 58.4 Å². The van der Waals surface area contributed by atoms with Gasteiger partial charge in [0.25, 0.3) is 11.6 Å². The van der Waals surface area contributed by atoms with E-state index in [0.717, 1.165) is 49.5 Å². The molecule has 1 fully saturated rings. The van der Waals surface area contributed by atoms with Crippen LogP contribution in [0.4, 0.5) is 11.4 Å². The third-order valence-electron chi connectivity index (χ3n) is 6.04. The number of hydrogen-bond donors (Lipinski definition) is 1. The zero-order valence-corrected chi connectivity index (χ0v) is 19.5. The summed E-state index contributed by atoms with van der Waals surface area (Å²) < 4.78 is 7.75. The Labute approximate surface area is 198 Å². The Hall–Kier alpha value is -3.46. The molecule has 180 valence electrons. The molecule has 0 aliphatic carbocycles. The number of nitro benzene ring substituents is 1. The van der Waals surface area contributed by atoms with Crippen molar-refractivity contribution in [3.8, 4) is 5.75 Å². The van der Waals surface area contributed by atoms with Crippen LogP contribution in [0, 0.1) is 10.1 Å². The summed E-state index contributed by atoms with van der Waals surface area (Å²) in [6.45, 7) is 5.96. The second kappa shape index (κ2) is 11.1. The van der Waals surface area contributed by atoms with Crippen molar-refractivity contribution in [3.63, 3.8) is 0 Å². The van der Waals surface area contributed by atoms with Gasteiger partial charge in [-0.25, -0.2) is 4.98 Å². The summed E-state index contributed by atoms with van der Waals surface area (Å²) in [7, 11) is 0. The number of imidazole rings is 1. The molecule has 0 saturated carbocycles. The van der Waals surface area contributed by atoms with Crippen LogP contribution in [0.15, 0.2) is 42.5 Å². The van der Waals surface area contributed by atoms with Crippen LogP contribution in [-0.2, 0) is 17.9 Å². The van der Waals surface area contributed by atoms with E-state index < -0.39 is 4.92 Å². The summed E-state index contributed by atoms with van der Waals surface area (Å²) in [6, 6.07) is 11.4. The molecular weight excluding hydrogens is 434 g/mol. The molecular formula is C25H31N5O4. The summed E-state index contributed by atoms with van der Waals surface area (Å²) >= 11 is 0. The smallest absolute Gasteiger partial charge is 0.269 e. The molecule has 0 spiro atoms. The van der Waals surface area contributed by atoms with Crippen molar-refractivity contribution in [2.45, 2.75) is 52.1 Å². The predicted octanol–water partition coefficient (Wildman–Crippen LogP) is 4.75. The van der Waals surface area contributed by atoms with E-state index in [0.29, 0.717) is 11.4 Å². The monoisotopic (exact) mass is 465 g/mol. The average Bonchev–Trinajstić information content (AvgIpc) is 2.98. The molecule has 1 N–H and O–H groups in total. The average molecular weight is 466 g/mol. The number of aromatic nitrogens is 2. The number of ether oxygens (including phenoxy) is 1. The first-order valence-corrected chi connectivity index (χ1v) is 11.9. The third kappa shape index (κ3) is 5.91. The lowest BCUT2D eigenvalue weighted by atomic mass is 10.2. The van der Waals surface area contributed by atoms with Crippen molar-refractivity contribution >= 4 is 28.3 Å². The van der Waals surface area contributed by atoms with Gasteiger partial charge in [0.05, 0.1) is 22.5 Å². The SMILES string of the molecule is CCCn1c(CN2CCCCCC2)nc2cc(NC(=O)COc3ccc([N+](=O)[O-])cc3)ccc21. The van der Waals surface area contributed by atoms with Crippen LogP contribution < -0.4 is 10.1 Å². The van der Waals surface area contributed by atoms with Crippen molar-refractivity contribution < 1.29 is 14.5 Å². The number of carbonyl (C=O) groups excluding carboxylic acids is 1. The Morgan fingerprint density at radius 3 is 2.53 bits per heavy atom. The zero-order chi connectivity index (χ0) is 23.9. The van der Waals surface area contributed by atoms with E-state index in [1.807, 2.05) is 18.2 Å². The number of hydrogen-bond acceptors (Lipinski definition) is 6. The molecule has 1 saturated heterocycles. The Bertz CT molecular complexity index is 1130. The van der Waals surface area contributed by atoms with E-state index in [2.05, 4.69) is 21.7 Å². The van der Waals surface area contributed by atoms with Gasteiger partial charge in [-0.2, -0.15) is 0 Å². The molecule has 1 aromatic heterocycles. The molecule has 0 radical (unpaired) electrons. The van der Waals surface area contributed by atoms with Crippen LogP contribution in [0.5, 0.6) is 5.75 Å². The molecule has 1 aliphatic rings. The third-order valence-corrected chi connectivity index (χ3v) is 6.04. The molecule has 3 aromatic rings. The highest BCUT2D eigenvalue weighted by atomic mass is 16.6. The van der Waals surface area contributed by atoms with Crippen molar-refractivity contribution in [1.29, 1.82) is 0 Å². The van der Waals surface area contributed by atoms with Gasteiger partial charge in [0.2, 0.25) is 0 Å². The molecule has 4 rings (SSSR count).